The molecule has 1 aromatic rings. The van der Waals surface area contributed by atoms with E-state index in [0.29, 0.717) is 0 Å². The van der Waals surface area contributed by atoms with Gasteiger partial charge in [-0.3, -0.25) is 0 Å². The van der Waals surface area contributed by atoms with E-state index in [9.17, 15) is 0 Å². The summed E-state index contributed by atoms with van der Waals surface area (Å²) in [5.41, 5.74) is 0.910. The third-order valence-corrected chi connectivity index (χ3v) is 4.01. The van der Waals surface area contributed by atoms with Crippen LogP contribution in [0.1, 0.15) is 19.3 Å². The standard InChI is InChI=1S/C12H14Si/c1-3-7-11(8-4-1)13-12-9-5-2-6-10-12/h1-5,7-8,12H,6,9-10H2. The van der Waals surface area contributed by atoms with Crippen molar-refractivity contribution in [2.45, 2.75) is 24.8 Å². The van der Waals surface area contributed by atoms with Crippen LogP contribution in [0.3, 0.4) is 0 Å². The van der Waals surface area contributed by atoms with Crippen LogP contribution in [0.15, 0.2) is 42.5 Å². The molecule has 13 heavy (non-hydrogen) atoms. The molecule has 1 aliphatic rings. The fourth-order valence-electron chi connectivity index (χ4n) is 1.69. The number of benzene rings is 1. The fraction of sp³-hybridized carbons (Fsp3) is 0.333. The van der Waals surface area contributed by atoms with E-state index in [1.165, 1.54) is 24.4 Å². The Morgan fingerprint density at radius 2 is 1.92 bits per heavy atom. The predicted octanol–water partition coefficient (Wildman–Crippen LogP) is 2.54. The van der Waals surface area contributed by atoms with Gasteiger partial charge in [0.2, 0.25) is 0 Å². The molecule has 0 bridgehead atoms. The topological polar surface area (TPSA) is 0 Å². The molecule has 0 nitrogen and oxygen atoms in total. The molecular formula is C12H14Si. The fourth-order valence-corrected chi connectivity index (χ4v) is 3.12. The predicted molar refractivity (Wildman–Crippen MR) is 58.6 cm³/mol. The molecule has 1 atom stereocenters. The SMILES string of the molecule is C1=CCC([Si]c2ccccc2)CC1. The lowest BCUT2D eigenvalue weighted by Crippen LogP contribution is -2.19. The Hall–Kier alpha value is -0.823. The van der Waals surface area contributed by atoms with Crippen LogP contribution in [0.2, 0.25) is 5.54 Å². The Morgan fingerprint density at radius 3 is 2.62 bits per heavy atom. The van der Waals surface area contributed by atoms with Crippen LogP contribution in [-0.2, 0) is 0 Å². The summed E-state index contributed by atoms with van der Waals surface area (Å²) in [6.45, 7) is 0. The smallest absolute Gasteiger partial charge is 0.0845 e. The van der Waals surface area contributed by atoms with Gasteiger partial charge in [0.15, 0.2) is 0 Å². The molecule has 0 aromatic heterocycles. The first-order chi connectivity index (χ1) is 6.45. The molecule has 0 spiro atoms. The molecule has 66 valence electrons. The first-order valence-electron chi connectivity index (χ1n) is 4.92. The van der Waals surface area contributed by atoms with E-state index in [1.54, 1.807) is 0 Å². The minimum Gasteiger partial charge on any atom is -0.0886 e. The largest absolute Gasteiger partial charge is 0.0886 e. The Bertz CT molecular complexity index is 276. The molecule has 0 amide bonds. The zero-order valence-corrected chi connectivity index (χ0v) is 8.74. The van der Waals surface area contributed by atoms with Gasteiger partial charge < -0.3 is 0 Å². The van der Waals surface area contributed by atoms with Gasteiger partial charge in [0.1, 0.15) is 0 Å². The van der Waals surface area contributed by atoms with Crippen molar-refractivity contribution in [3.8, 4) is 0 Å². The monoisotopic (exact) mass is 186 g/mol. The molecular weight excluding hydrogens is 172 g/mol. The van der Waals surface area contributed by atoms with Crippen LogP contribution < -0.4 is 5.19 Å². The summed E-state index contributed by atoms with van der Waals surface area (Å²) < 4.78 is 0. The van der Waals surface area contributed by atoms with Gasteiger partial charge in [-0.15, -0.1) is 0 Å². The van der Waals surface area contributed by atoms with Crippen molar-refractivity contribution >= 4 is 14.7 Å². The van der Waals surface area contributed by atoms with Crippen molar-refractivity contribution in [1.29, 1.82) is 0 Å². The van der Waals surface area contributed by atoms with Gasteiger partial charge in [-0.05, 0) is 24.8 Å². The van der Waals surface area contributed by atoms with Crippen molar-refractivity contribution in [1.82, 2.24) is 0 Å². The molecule has 2 rings (SSSR count). The molecule has 2 radical (unpaired) electrons. The zero-order chi connectivity index (χ0) is 8.93. The highest BCUT2D eigenvalue weighted by Gasteiger charge is 2.10. The Kier molecular flexibility index (Phi) is 2.98. The van der Waals surface area contributed by atoms with E-state index in [4.69, 9.17) is 0 Å². The first kappa shape index (κ1) is 8.76. The molecule has 1 aromatic carbocycles. The third-order valence-electron chi connectivity index (χ3n) is 2.41. The molecule has 0 N–H and O–H groups in total. The van der Waals surface area contributed by atoms with E-state index in [0.717, 1.165) is 15.1 Å². The van der Waals surface area contributed by atoms with Crippen molar-refractivity contribution in [2.24, 2.45) is 0 Å². The summed E-state index contributed by atoms with van der Waals surface area (Å²) in [5, 5.41) is 1.52. The summed E-state index contributed by atoms with van der Waals surface area (Å²) in [6, 6.07) is 10.9. The van der Waals surface area contributed by atoms with Crippen LogP contribution in [0, 0.1) is 0 Å². The zero-order valence-electron chi connectivity index (χ0n) is 7.74. The molecule has 0 saturated carbocycles. The first-order valence-corrected chi connectivity index (χ1v) is 5.99. The van der Waals surface area contributed by atoms with Gasteiger partial charge in [0.05, 0.1) is 9.52 Å². The van der Waals surface area contributed by atoms with Crippen LogP contribution in [0.5, 0.6) is 0 Å². The summed E-state index contributed by atoms with van der Waals surface area (Å²) in [7, 11) is 1.00. The average Bonchev–Trinajstić information content (AvgIpc) is 2.21. The van der Waals surface area contributed by atoms with Crippen molar-refractivity contribution in [2.75, 3.05) is 0 Å². The van der Waals surface area contributed by atoms with Crippen LogP contribution in [0.4, 0.5) is 0 Å². The number of allylic oxidation sites excluding steroid dienone is 2. The second-order valence-electron chi connectivity index (χ2n) is 3.49. The molecule has 0 fully saturated rings. The van der Waals surface area contributed by atoms with Crippen molar-refractivity contribution in [3.63, 3.8) is 0 Å². The molecule has 1 aliphatic carbocycles. The lowest BCUT2D eigenvalue weighted by Gasteiger charge is -2.16. The minimum absolute atomic E-state index is 0.910. The Balaban J connectivity index is 1.94. The van der Waals surface area contributed by atoms with Gasteiger partial charge in [0, 0.05) is 0 Å². The maximum atomic E-state index is 2.34. The second kappa shape index (κ2) is 4.42. The highest BCUT2D eigenvalue weighted by Crippen LogP contribution is 2.22. The van der Waals surface area contributed by atoms with E-state index < -0.39 is 0 Å². The molecule has 0 aliphatic heterocycles. The van der Waals surface area contributed by atoms with Crippen molar-refractivity contribution in [3.05, 3.63) is 42.5 Å². The quantitative estimate of drug-likeness (QED) is 0.492. The van der Waals surface area contributed by atoms with Crippen LogP contribution in [-0.4, -0.2) is 9.52 Å². The van der Waals surface area contributed by atoms with Crippen LogP contribution in [0.25, 0.3) is 0 Å². The number of rotatable bonds is 2. The van der Waals surface area contributed by atoms with Crippen molar-refractivity contribution < 1.29 is 0 Å². The second-order valence-corrected chi connectivity index (χ2v) is 5.17. The van der Waals surface area contributed by atoms with Gasteiger partial charge in [-0.1, -0.05) is 47.7 Å². The Labute approximate surface area is 82.5 Å². The molecule has 0 saturated heterocycles. The van der Waals surface area contributed by atoms with E-state index in [-0.39, 0.29) is 0 Å². The van der Waals surface area contributed by atoms with Gasteiger partial charge in [-0.25, -0.2) is 0 Å². The number of hydrogen-bond donors (Lipinski definition) is 0. The summed E-state index contributed by atoms with van der Waals surface area (Å²) in [6.07, 6.45) is 8.59. The van der Waals surface area contributed by atoms with E-state index >= 15 is 0 Å². The lowest BCUT2D eigenvalue weighted by atomic mass is 10.1. The molecule has 0 heterocycles. The lowest BCUT2D eigenvalue weighted by molar-refractivity contribution is 0.723. The highest BCUT2D eigenvalue weighted by molar-refractivity contribution is 6.55. The number of hydrogen-bond acceptors (Lipinski definition) is 0. The molecule has 1 heteroatoms. The minimum atomic E-state index is 0.910. The summed E-state index contributed by atoms with van der Waals surface area (Å²) in [4.78, 5) is 0. The highest BCUT2D eigenvalue weighted by atomic mass is 28.2. The van der Waals surface area contributed by atoms with E-state index in [2.05, 4.69) is 42.5 Å². The summed E-state index contributed by atoms with van der Waals surface area (Å²) >= 11 is 0. The van der Waals surface area contributed by atoms with Gasteiger partial charge in [-0.2, -0.15) is 0 Å². The van der Waals surface area contributed by atoms with Crippen LogP contribution >= 0.6 is 0 Å². The third kappa shape index (κ3) is 2.56. The molecule has 1 unspecified atom stereocenters. The van der Waals surface area contributed by atoms with E-state index in [1.807, 2.05) is 0 Å². The average molecular weight is 186 g/mol. The Morgan fingerprint density at radius 1 is 1.08 bits per heavy atom. The van der Waals surface area contributed by atoms with Gasteiger partial charge in [0.25, 0.3) is 0 Å². The summed E-state index contributed by atoms with van der Waals surface area (Å²) in [5.74, 6) is 0. The maximum absolute atomic E-state index is 2.34. The maximum Gasteiger partial charge on any atom is 0.0845 e. The normalized spacial score (nSPS) is 21.7. The van der Waals surface area contributed by atoms with Gasteiger partial charge >= 0.3 is 0 Å².